The second kappa shape index (κ2) is 15.3. The molecule has 1 atom stereocenters. The van der Waals surface area contributed by atoms with Crippen molar-refractivity contribution in [3.05, 3.63) is 35.9 Å². The Labute approximate surface area is 160 Å². The molecule has 0 aliphatic heterocycles. The van der Waals surface area contributed by atoms with Crippen LogP contribution >= 0.6 is 12.2 Å². The van der Waals surface area contributed by atoms with Gasteiger partial charge < -0.3 is 0 Å². The van der Waals surface area contributed by atoms with E-state index in [1.165, 1.54) is 76.2 Å². The standard InChI is InChI=1S/C23H36OS/c1-21(24)23(20-25)19-15-10-8-6-4-2-3-5-7-9-12-16-22-17-13-11-14-18-22/h11,13-14,17-18,20,23H,2-10,12,15-16,19H2,1H3. The Morgan fingerprint density at radius 3 is 1.80 bits per heavy atom. The van der Waals surface area contributed by atoms with Crippen LogP contribution in [0.3, 0.4) is 0 Å². The molecule has 1 unspecified atom stereocenters. The Morgan fingerprint density at radius 1 is 0.840 bits per heavy atom. The molecular weight excluding hydrogens is 324 g/mol. The highest BCUT2D eigenvalue weighted by Gasteiger charge is 2.09. The van der Waals surface area contributed by atoms with Gasteiger partial charge in [0.25, 0.3) is 0 Å². The highest BCUT2D eigenvalue weighted by Crippen LogP contribution is 2.15. The first-order valence-electron chi connectivity index (χ1n) is 10.2. The van der Waals surface area contributed by atoms with E-state index in [1.807, 2.05) is 0 Å². The minimum Gasteiger partial charge on any atom is -0.299 e. The largest absolute Gasteiger partial charge is 0.299 e. The summed E-state index contributed by atoms with van der Waals surface area (Å²) in [6.07, 6.45) is 16.8. The van der Waals surface area contributed by atoms with E-state index in [-0.39, 0.29) is 11.7 Å². The van der Waals surface area contributed by atoms with E-state index < -0.39 is 0 Å². The fourth-order valence-corrected chi connectivity index (χ4v) is 3.62. The minimum atomic E-state index is 0.0110. The van der Waals surface area contributed by atoms with Crippen molar-refractivity contribution in [1.29, 1.82) is 0 Å². The number of rotatable bonds is 16. The van der Waals surface area contributed by atoms with Crippen LogP contribution in [0.25, 0.3) is 0 Å². The third-order valence-corrected chi connectivity index (χ3v) is 5.34. The monoisotopic (exact) mass is 360 g/mol. The summed E-state index contributed by atoms with van der Waals surface area (Å²) in [5.41, 5.74) is 1.47. The number of aryl methyl sites for hydroxylation is 1. The average molecular weight is 361 g/mol. The molecule has 0 aliphatic rings. The number of benzene rings is 1. The van der Waals surface area contributed by atoms with Gasteiger partial charge in [-0.25, -0.2) is 0 Å². The highest BCUT2D eigenvalue weighted by atomic mass is 32.1. The summed E-state index contributed by atoms with van der Waals surface area (Å²) in [5.74, 6) is 0.232. The van der Waals surface area contributed by atoms with Gasteiger partial charge in [0, 0.05) is 5.92 Å². The second-order valence-corrected chi connectivity index (χ2v) is 7.54. The number of unbranched alkanes of at least 4 members (excludes halogenated alkanes) is 10. The Morgan fingerprint density at radius 2 is 1.32 bits per heavy atom. The van der Waals surface area contributed by atoms with Crippen molar-refractivity contribution < 1.29 is 4.79 Å². The molecule has 0 spiro atoms. The molecule has 0 aliphatic carbocycles. The van der Waals surface area contributed by atoms with Crippen molar-refractivity contribution in [2.24, 2.45) is 5.92 Å². The van der Waals surface area contributed by atoms with Crippen molar-refractivity contribution in [3.8, 4) is 0 Å². The summed E-state index contributed by atoms with van der Waals surface area (Å²) in [6.45, 7) is 1.65. The molecule has 140 valence electrons. The highest BCUT2D eigenvalue weighted by molar-refractivity contribution is 7.79. The molecule has 0 saturated heterocycles. The normalized spacial score (nSPS) is 12.0. The lowest BCUT2D eigenvalue weighted by atomic mass is 9.98. The van der Waals surface area contributed by atoms with Gasteiger partial charge in [-0.1, -0.05) is 107 Å². The van der Waals surface area contributed by atoms with Gasteiger partial charge in [-0.3, -0.25) is 4.79 Å². The smallest absolute Gasteiger partial charge is 0.137 e. The predicted octanol–water partition coefficient (Wildman–Crippen LogP) is 7.12. The maximum Gasteiger partial charge on any atom is 0.137 e. The van der Waals surface area contributed by atoms with Gasteiger partial charge in [-0.05, 0) is 37.1 Å². The van der Waals surface area contributed by atoms with Crippen LogP contribution in [0.5, 0.6) is 0 Å². The summed E-state index contributed by atoms with van der Waals surface area (Å²) in [7, 11) is 0. The number of hydrogen-bond donors (Lipinski definition) is 0. The lowest BCUT2D eigenvalue weighted by molar-refractivity contribution is -0.118. The predicted molar refractivity (Wildman–Crippen MR) is 113 cm³/mol. The van der Waals surface area contributed by atoms with Crippen molar-refractivity contribution in [3.63, 3.8) is 0 Å². The maximum atomic E-state index is 11.3. The molecule has 0 saturated carbocycles. The van der Waals surface area contributed by atoms with Gasteiger partial charge in [0.2, 0.25) is 0 Å². The lowest BCUT2D eigenvalue weighted by Gasteiger charge is -2.07. The maximum absolute atomic E-state index is 11.3. The zero-order valence-corrected chi connectivity index (χ0v) is 16.9. The fourth-order valence-electron chi connectivity index (χ4n) is 3.30. The molecule has 0 radical (unpaired) electrons. The summed E-state index contributed by atoms with van der Waals surface area (Å²) in [6, 6.07) is 10.8. The summed E-state index contributed by atoms with van der Waals surface area (Å²) in [5, 5.41) is 1.64. The molecular formula is C23H36OS. The van der Waals surface area contributed by atoms with Gasteiger partial charge in [0.15, 0.2) is 0 Å². The van der Waals surface area contributed by atoms with Crippen LogP contribution in [0, 0.1) is 5.92 Å². The van der Waals surface area contributed by atoms with E-state index in [4.69, 9.17) is 12.2 Å². The van der Waals surface area contributed by atoms with E-state index in [9.17, 15) is 4.79 Å². The Balaban J connectivity index is 1.80. The topological polar surface area (TPSA) is 17.1 Å². The summed E-state index contributed by atoms with van der Waals surface area (Å²) < 4.78 is 0. The van der Waals surface area contributed by atoms with Gasteiger partial charge in [0.05, 0.1) is 0 Å². The van der Waals surface area contributed by atoms with Crippen LogP contribution in [-0.2, 0) is 11.2 Å². The van der Waals surface area contributed by atoms with Crippen LogP contribution in [0.1, 0.15) is 89.5 Å². The van der Waals surface area contributed by atoms with Gasteiger partial charge in [0.1, 0.15) is 5.78 Å². The first-order valence-corrected chi connectivity index (χ1v) is 10.7. The summed E-state index contributed by atoms with van der Waals surface area (Å²) in [4.78, 5) is 11.3. The molecule has 0 fully saturated rings. The SMILES string of the molecule is CC(=O)C(C=S)CCCCCCCCCCCCCc1ccccc1. The molecule has 0 amide bonds. The number of ketones is 1. The van der Waals surface area contributed by atoms with Crippen molar-refractivity contribution >= 4 is 23.4 Å². The van der Waals surface area contributed by atoms with Crippen LogP contribution in [-0.4, -0.2) is 11.2 Å². The number of thiocarbonyl (C=S) groups is 1. The Hall–Kier alpha value is -1.02. The van der Waals surface area contributed by atoms with Crippen LogP contribution in [0.15, 0.2) is 30.3 Å². The van der Waals surface area contributed by atoms with Crippen molar-refractivity contribution in [2.45, 2.75) is 90.4 Å². The third kappa shape index (κ3) is 12.0. The Bertz CT molecular complexity index is 454. The van der Waals surface area contributed by atoms with Gasteiger partial charge >= 0.3 is 0 Å². The lowest BCUT2D eigenvalue weighted by Crippen LogP contribution is -2.10. The second-order valence-electron chi connectivity index (χ2n) is 7.27. The van der Waals surface area contributed by atoms with Crippen LogP contribution < -0.4 is 0 Å². The van der Waals surface area contributed by atoms with Gasteiger partial charge in [-0.15, -0.1) is 0 Å². The zero-order valence-electron chi connectivity index (χ0n) is 16.1. The molecule has 25 heavy (non-hydrogen) atoms. The third-order valence-electron chi connectivity index (χ3n) is 5.01. The number of carbonyl (C=O) groups is 1. The average Bonchev–Trinajstić information content (AvgIpc) is 2.62. The molecule has 0 bridgehead atoms. The molecule has 1 nitrogen and oxygen atoms in total. The minimum absolute atomic E-state index is 0.0110. The molecule has 0 N–H and O–H groups in total. The van der Waals surface area contributed by atoms with E-state index in [0.29, 0.717) is 0 Å². The molecule has 1 rings (SSSR count). The molecule has 0 heterocycles. The molecule has 1 aromatic carbocycles. The number of Topliss-reactive ketones (excluding diaryl/α,β-unsaturated/α-hetero) is 1. The fraction of sp³-hybridized carbons (Fsp3) is 0.652. The Kier molecular flexibility index (Phi) is 13.4. The first kappa shape index (κ1) is 22.0. The van der Waals surface area contributed by atoms with E-state index >= 15 is 0 Å². The van der Waals surface area contributed by atoms with E-state index in [0.717, 1.165) is 12.8 Å². The van der Waals surface area contributed by atoms with Crippen molar-refractivity contribution in [2.75, 3.05) is 0 Å². The van der Waals surface area contributed by atoms with Gasteiger partial charge in [-0.2, -0.15) is 0 Å². The quantitative estimate of drug-likeness (QED) is 0.231. The number of carbonyl (C=O) groups excluding carboxylic acids is 1. The zero-order chi connectivity index (χ0) is 18.2. The molecule has 1 aromatic rings. The van der Waals surface area contributed by atoms with Crippen LogP contribution in [0.2, 0.25) is 0 Å². The summed E-state index contributed by atoms with van der Waals surface area (Å²) >= 11 is 4.92. The first-order chi connectivity index (χ1) is 12.2. The van der Waals surface area contributed by atoms with E-state index in [2.05, 4.69) is 30.3 Å². The molecule has 0 aromatic heterocycles. The van der Waals surface area contributed by atoms with Crippen molar-refractivity contribution in [1.82, 2.24) is 0 Å². The van der Waals surface area contributed by atoms with E-state index in [1.54, 1.807) is 12.3 Å². The van der Waals surface area contributed by atoms with Crippen LogP contribution in [0.4, 0.5) is 0 Å². The number of hydrogen-bond acceptors (Lipinski definition) is 2. The molecule has 2 heteroatoms.